The molecule has 0 amide bonds. The summed E-state index contributed by atoms with van der Waals surface area (Å²) in [7, 11) is 1.79. The first-order valence-electron chi connectivity index (χ1n) is 6.57. The van der Waals surface area contributed by atoms with Crippen molar-refractivity contribution in [3.63, 3.8) is 0 Å². The molecule has 19 heavy (non-hydrogen) atoms. The smallest absolute Gasteiger partial charge is 0.131 e. The lowest BCUT2D eigenvalue weighted by Crippen LogP contribution is -1.98. The maximum atomic E-state index is 14.0. The number of benzene rings is 1. The molecule has 0 aliphatic heterocycles. The highest BCUT2D eigenvalue weighted by atomic mass is 19.1. The summed E-state index contributed by atoms with van der Waals surface area (Å²) in [6.45, 7) is 4.32. The van der Waals surface area contributed by atoms with Crippen LogP contribution in [0.5, 0.6) is 0 Å². The molecule has 0 fully saturated rings. The molecule has 0 unspecified atom stereocenters. The Bertz CT molecular complexity index is 573. The van der Waals surface area contributed by atoms with Crippen LogP contribution in [0.3, 0.4) is 0 Å². The molecule has 2 N–H and O–H groups in total. The van der Waals surface area contributed by atoms with Crippen molar-refractivity contribution >= 4 is 5.82 Å². The Labute approximate surface area is 113 Å². The van der Waals surface area contributed by atoms with Crippen molar-refractivity contribution in [1.29, 1.82) is 0 Å². The second-order valence-electron chi connectivity index (χ2n) is 5.24. The summed E-state index contributed by atoms with van der Waals surface area (Å²) in [5, 5.41) is 4.42. The van der Waals surface area contributed by atoms with E-state index in [1.54, 1.807) is 23.9 Å². The molecule has 1 aromatic carbocycles. The molecule has 0 saturated carbocycles. The van der Waals surface area contributed by atoms with Crippen LogP contribution in [-0.4, -0.2) is 9.78 Å². The van der Waals surface area contributed by atoms with E-state index >= 15 is 0 Å². The third-order valence-electron chi connectivity index (χ3n) is 3.27. The van der Waals surface area contributed by atoms with Gasteiger partial charge in [-0.2, -0.15) is 5.10 Å². The Morgan fingerprint density at radius 2 is 2.00 bits per heavy atom. The lowest BCUT2D eigenvalue weighted by molar-refractivity contribution is 0.576. The molecule has 0 atom stereocenters. The Morgan fingerprint density at radius 1 is 1.32 bits per heavy atom. The summed E-state index contributed by atoms with van der Waals surface area (Å²) in [6.07, 6.45) is 1.82. The van der Waals surface area contributed by atoms with Crippen LogP contribution in [0.1, 0.15) is 26.0 Å². The van der Waals surface area contributed by atoms with Crippen LogP contribution in [0.15, 0.2) is 24.3 Å². The molecule has 0 bridgehead atoms. The predicted molar refractivity (Wildman–Crippen MR) is 76.2 cm³/mol. The zero-order valence-corrected chi connectivity index (χ0v) is 11.7. The molecule has 2 rings (SSSR count). The summed E-state index contributed by atoms with van der Waals surface area (Å²) < 4.78 is 15.6. The summed E-state index contributed by atoms with van der Waals surface area (Å²) >= 11 is 0. The molecule has 2 aromatic rings. The molecule has 1 heterocycles. The minimum atomic E-state index is -0.256. The van der Waals surface area contributed by atoms with Crippen LogP contribution in [-0.2, 0) is 13.5 Å². The Morgan fingerprint density at radius 3 is 2.63 bits per heavy atom. The van der Waals surface area contributed by atoms with Gasteiger partial charge < -0.3 is 5.73 Å². The number of anilines is 1. The van der Waals surface area contributed by atoms with Crippen molar-refractivity contribution in [3.05, 3.63) is 35.8 Å². The van der Waals surface area contributed by atoms with Crippen molar-refractivity contribution in [3.8, 4) is 11.1 Å². The zero-order chi connectivity index (χ0) is 14.0. The van der Waals surface area contributed by atoms with E-state index in [1.807, 2.05) is 6.07 Å². The highest BCUT2D eigenvalue weighted by Crippen LogP contribution is 2.32. The van der Waals surface area contributed by atoms with Gasteiger partial charge in [-0.3, -0.25) is 4.68 Å². The summed E-state index contributed by atoms with van der Waals surface area (Å²) in [4.78, 5) is 0. The van der Waals surface area contributed by atoms with E-state index in [2.05, 4.69) is 18.9 Å². The maximum Gasteiger partial charge on any atom is 0.131 e. The fourth-order valence-electron chi connectivity index (χ4n) is 2.15. The van der Waals surface area contributed by atoms with Crippen molar-refractivity contribution < 1.29 is 4.39 Å². The van der Waals surface area contributed by atoms with E-state index in [0.717, 1.165) is 24.1 Å². The van der Waals surface area contributed by atoms with Crippen molar-refractivity contribution in [2.24, 2.45) is 13.0 Å². The third kappa shape index (κ3) is 2.78. The third-order valence-corrected chi connectivity index (χ3v) is 3.27. The number of hydrogen-bond acceptors (Lipinski definition) is 2. The molecule has 0 aliphatic carbocycles. The predicted octanol–water partition coefficient (Wildman–Crippen LogP) is 3.40. The van der Waals surface area contributed by atoms with Crippen LogP contribution in [0, 0.1) is 11.7 Å². The van der Waals surface area contributed by atoms with Gasteiger partial charge in [0.25, 0.3) is 0 Å². The number of rotatable bonds is 4. The van der Waals surface area contributed by atoms with E-state index in [0.29, 0.717) is 17.3 Å². The summed E-state index contributed by atoms with van der Waals surface area (Å²) in [5.41, 5.74) is 8.19. The topological polar surface area (TPSA) is 43.8 Å². The van der Waals surface area contributed by atoms with E-state index in [1.165, 1.54) is 6.07 Å². The number of nitrogens with two attached hydrogens (primary N) is 1. The van der Waals surface area contributed by atoms with Crippen LogP contribution in [0.25, 0.3) is 11.1 Å². The molecular weight excluding hydrogens is 241 g/mol. The van der Waals surface area contributed by atoms with Crippen molar-refractivity contribution in [1.82, 2.24) is 9.78 Å². The quantitative estimate of drug-likeness (QED) is 0.916. The normalized spacial score (nSPS) is 11.2. The minimum Gasteiger partial charge on any atom is -0.383 e. The van der Waals surface area contributed by atoms with Crippen LogP contribution >= 0.6 is 0 Å². The minimum absolute atomic E-state index is 0.256. The van der Waals surface area contributed by atoms with Crippen molar-refractivity contribution in [2.45, 2.75) is 26.7 Å². The fraction of sp³-hybridized carbons (Fsp3) is 0.400. The largest absolute Gasteiger partial charge is 0.383 e. The van der Waals surface area contributed by atoms with Crippen molar-refractivity contribution in [2.75, 3.05) is 5.73 Å². The summed E-state index contributed by atoms with van der Waals surface area (Å²) in [6, 6.07) is 6.70. The fourth-order valence-corrected chi connectivity index (χ4v) is 2.15. The molecule has 4 heteroatoms. The molecule has 0 saturated heterocycles. The molecule has 0 spiro atoms. The van der Waals surface area contributed by atoms with Gasteiger partial charge in [-0.25, -0.2) is 4.39 Å². The standard InChI is InChI=1S/C15H20FN3/c1-10(2)8-9-13-14(15(17)19(3)18-13)11-6-4-5-7-12(11)16/h4-7,10H,8-9,17H2,1-3H3. The lowest BCUT2D eigenvalue weighted by Gasteiger charge is -2.07. The molecule has 0 radical (unpaired) electrons. The molecule has 102 valence electrons. The zero-order valence-electron chi connectivity index (χ0n) is 11.7. The summed E-state index contributed by atoms with van der Waals surface area (Å²) in [5.74, 6) is 0.841. The monoisotopic (exact) mass is 261 g/mol. The van der Waals surface area contributed by atoms with Gasteiger partial charge in [0.1, 0.15) is 11.6 Å². The van der Waals surface area contributed by atoms with E-state index in [-0.39, 0.29) is 5.82 Å². The van der Waals surface area contributed by atoms with Gasteiger partial charge >= 0.3 is 0 Å². The van der Waals surface area contributed by atoms with Gasteiger partial charge in [0.15, 0.2) is 0 Å². The second kappa shape index (κ2) is 5.43. The molecule has 0 aliphatic rings. The molecular formula is C15H20FN3. The number of nitrogens with zero attached hydrogens (tertiary/aromatic N) is 2. The second-order valence-corrected chi connectivity index (χ2v) is 5.24. The van der Waals surface area contributed by atoms with E-state index in [4.69, 9.17) is 5.73 Å². The number of hydrogen-bond donors (Lipinski definition) is 1. The Kier molecular flexibility index (Phi) is 3.88. The van der Waals surface area contributed by atoms with E-state index in [9.17, 15) is 4.39 Å². The van der Waals surface area contributed by atoms with Crippen LogP contribution < -0.4 is 5.73 Å². The number of nitrogen functional groups attached to an aromatic ring is 1. The Hall–Kier alpha value is -1.84. The van der Waals surface area contributed by atoms with E-state index < -0.39 is 0 Å². The van der Waals surface area contributed by atoms with Gasteiger partial charge in [0.2, 0.25) is 0 Å². The first kappa shape index (κ1) is 13.6. The average molecular weight is 261 g/mol. The highest BCUT2D eigenvalue weighted by Gasteiger charge is 2.18. The van der Waals surface area contributed by atoms with Gasteiger partial charge in [-0.15, -0.1) is 0 Å². The number of aryl methyl sites for hydroxylation is 2. The van der Waals surface area contributed by atoms with Crippen LogP contribution in [0.2, 0.25) is 0 Å². The first-order valence-corrected chi connectivity index (χ1v) is 6.57. The van der Waals surface area contributed by atoms with Gasteiger partial charge in [0, 0.05) is 18.2 Å². The Balaban J connectivity index is 2.47. The highest BCUT2D eigenvalue weighted by molar-refractivity contribution is 5.77. The number of aromatic nitrogens is 2. The van der Waals surface area contributed by atoms with Gasteiger partial charge in [-0.1, -0.05) is 32.0 Å². The van der Waals surface area contributed by atoms with Gasteiger partial charge in [-0.05, 0) is 24.8 Å². The lowest BCUT2D eigenvalue weighted by atomic mass is 9.99. The maximum absolute atomic E-state index is 14.0. The first-order chi connectivity index (χ1) is 9.00. The SMILES string of the molecule is CC(C)CCc1nn(C)c(N)c1-c1ccccc1F. The van der Waals surface area contributed by atoms with Gasteiger partial charge in [0.05, 0.1) is 5.69 Å². The molecule has 1 aromatic heterocycles. The number of halogens is 1. The average Bonchev–Trinajstić information content (AvgIpc) is 2.64. The molecule has 3 nitrogen and oxygen atoms in total. The van der Waals surface area contributed by atoms with Crippen LogP contribution in [0.4, 0.5) is 10.2 Å².